The van der Waals surface area contributed by atoms with Crippen LogP contribution in [0.15, 0.2) is 10.9 Å². The molecule has 1 aromatic heterocycles. The first kappa shape index (κ1) is 20.7. The van der Waals surface area contributed by atoms with Gasteiger partial charge in [-0.25, -0.2) is 17.7 Å². The van der Waals surface area contributed by atoms with Crippen LogP contribution >= 0.6 is 11.3 Å². The molecule has 2 fully saturated rings. The van der Waals surface area contributed by atoms with Gasteiger partial charge in [0.25, 0.3) is 5.91 Å². The van der Waals surface area contributed by atoms with Crippen LogP contribution in [0.4, 0.5) is 0 Å². The Morgan fingerprint density at radius 1 is 1.37 bits per heavy atom. The van der Waals surface area contributed by atoms with Crippen molar-refractivity contribution >= 4 is 27.3 Å². The second-order valence-electron chi connectivity index (χ2n) is 7.13. The fraction of sp³-hybridized carbons (Fsp3) is 0.765. The Bertz CT molecular complexity index is 705. The van der Waals surface area contributed by atoms with Crippen LogP contribution in [-0.4, -0.2) is 86.2 Å². The number of nitrogens with one attached hydrogen (secondary N) is 1. The third-order valence-electron chi connectivity index (χ3n) is 5.28. The fourth-order valence-electron chi connectivity index (χ4n) is 3.89. The predicted molar refractivity (Wildman–Crippen MR) is 104 cm³/mol. The summed E-state index contributed by atoms with van der Waals surface area (Å²) in [5.74, 6) is -0.162. The van der Waals surface area contributed by atoms with Crippen LogP contribution in [0.3, 0.4) is 0 Å². The topological polar surface area (TPSA) is 91.8 Å². The van der Waals surface area contributed by atoms with Gasteiger partial charge in [0.05, 0.1) is 11.8 Å². The molecule has 0 radical (unpaired) electrons. The molecule has 27 heavy (non-hydrogen) atoms. The summed E-state index contributed by atoms with van der Waals surface area (Å²) in [6.07, 6.45) is 5.00. The number of nitrogens with zero attached hydrogens (tertiary/aromatic N) is 3. The zero-order valence-electron chi connectivity index (χ0n) is 15.7. The van der Waals surface area contributed by atoms with Gasteiger partial charge in [-0.05, 0) is 25.7 Å². The standard InChI is InChI=1S/C17H28N4O4S2/c1-27(23,24)20-7-2-3-15(11-20)21(14-4-9-25-10-5-14)8-6-18-17(22)16-12-26-13-19-16/h12-15H,2-11H2,1H3,(H,18,22). The first-order valence-corrected chi connectivity index (χ1v) is 12.2. The number of aromatic nitrogens is 1. The highest BCUT2D eigenvalue weighted by molar-refractivity contribution is 7.88. The van der Waals surface area contributed by atoms with E-state index >= 15 is 0 Å². The van der Waals surface area contributed by atoms with Crippen LogP contribution in [0.2, 0.25) is 0 Å². The number of hydrogen-bond donors (Lipinski definition) is 1. The zero-order chi connectivity index (χ0) is 19.3. The maximum Gasteiger partial charge on any atom is 0.270 e. The summed E-state index contributed by atoms with van der Waals surface area (Å²) >= 11 is 1.40. The van der Waals surface area contributed by atoms with Crippen molar-refractivity contribution in [3.05, 3.63) is 16.6 Å². The van der Waals surface area contributed by atoms with E-state index in [2.05, 4.69) is 15.2 Å². The maximum atomic E-state index is 12.1. The van der Waals surface area contributed by atoms with Gasteiger partial charge in [0, 0.05) is 56.9 Å². The Morgan fingerprint density at radius 3 is 2.81 bits per heavy atom. The van der Waals surface area contributed by atoms with Crippen molar-refractivity contribution in [2.24, 2.45) is 0 Å². The molecule has 1 atom stereocenters. The Labute approximate surface area is 164 Å². The van der Waals surface area contributed by atoms with E-state index in [4.69, 9.17) is 4.74 Å². The average molecular weight is 417 g/mol. The van der Waals surface area contributed by atoms with Crippen LogP contribution in [0.1, 0.15) is 36.2 Å². The van der Waals surface area contributed by atoms with Gasteiger partial charge in [-0.3, -0.25) is 9.69 Å². The number of rotatable bonds is 7. The van der Waals surface area contributed by atoms with E-state index < -0.39 is 10.0 Å². The van der Waals surface area contributed by atoms with Crippen molar-refractivity contribution < 1.29 is 17.9 Å². The van der Waals surface area contributed by atoms with E-state index in [1.807, 2.05) is 0 Å². The number of amides is 1. The zero-order valence-corrected chi connectivity index (χ0v) is 17.3. The van der Waals surface area contributed by atoms with Gasteiger partial charge in [0.15, 0.2) is 0 Å². The molecule has 2 aliphatic heterocycles. The highest BCUT2D eigenvalue weighted by Gasteiger charge is 2.33. The van der Waals surface area contributed by atoms with Crippen molar-refractivity contribution in [2.45, 2.75) is 37.8 Å². The largest absolute Gasteiger partial charge is 0.381 e. The lowest BCUT2D eigenvalue weighted by Crippen LogP contribution is -2.55. The quantitative estimate of drug-likeness (QED) is 0.706. The number of hydrogen-bond acceptors (Lipinski definition) is 7. The molecule has 1 unspecified atom stereocenters. The molecular formula is C17H28N4O4S2. The lowest BCUT2D eigenvalue weighted by atomic mass is 9.99. The fourth-order valence-corrected chi connectivity index (χ4v) is 5.32. The molecule has 1 amide bonds. The number of piperidine rings is 1. The van der Waals surface area contributed by atoms with Crippen molar-refractivity contribution in [3.63, 3.8) is 0 Å². The maximum absolute atomic E-state index is 12.1. The summed E-state index contributed by atoms with van der Waals surface area (Å²) in [5.41, 5.74) is 2.09. The van der Waals surface area contributed by atoms with E-state index in [0.717, 1.165) is 38.9 Å². The molecule has 1 N–H and O–H groups in total. The summed E-state index contributed by atoms with van der Waals surface area (Å²) in [4.78, 5) is 18.6. The van der Waals surface area contributed by atoms with Crippen molar-refractivity contribution in [3.8, 4) is 0 Å². The molecular weight excluding hydrogens is 388 g/mol. The molecule has 3 rings (SSSR count). The smallest absolute Gasteiger partial charge is 0.270 e. The molecule has 2 saturated heterocycles. The van der Waals surface area contributed by atoms with Crippen LogP contribution in [0.5, 0.6) is 0 Å². The molecule has 3 heterocycles. The van der Waals surface area contributed by atoms with Gasteiger partial charge >= 0.3 is 0 Å². The minimum atomic E-state index is -3.18. The molecule has 0 saturated carbocycles. The SMILES string of the molecule is CS(=O)(=O)N1CCCC(N(CCNC(=O)c2cscn2)C2CCOCC2)C1. The monoisotopic (exact) mass is 416 g/mol. The van der Waals surface area contributed by atoms with E-state index in [1.165, 1.54) is 17.6 Å². The molecule has 0 spiro atoms. The van der Waals surface area contributed by atoms with Gasteiger partial charge in [0.1, 0.15) is 5.69 Å². The second-order valence-corrected chi connectivity index (χ2v) is 9.83. The molecule has 0 aromatic carbocycles. The van der Waals surface area contributed by atoms with E-state index in [-0.39, 0.29) is 11.9 Å². The minimum absolute atomic E-state index is 0.162. The lowest BCUT2D eigenvalue weighted by Gasteiger charge is -2.43. The van der Waals surface area contributed by atoms with E-state index in [9.17, 15) is 13.2 Å². The Hall–Kier alpha value is -1.07. The molecule has 1 aromatic rings. The highest BCUT2D eigenvalue weighted by Crippen LogP contribution is 2.24. The second kappa shape index (κ2) is 9.42. The lowest BCUT2D eigenvalue weighted by molar-refractivity contribution is 0.00672. The van der Waals surface area contributed by atoms with Crippen molar-refractivity contribution in [2.75, 3.05) is 45.6 Å². The first-order chi connectivity index (χ1) is 12.9. The Kier molecular flexibility index (Phi) is 7.21. The first-order valence-electron chi connectivity index (χ1n) is 9.40. The normalized spacial score (nSPS) is 22.8. The summed E-state index contributed by atoms with van der Waals surface area (Å²) in [6.45, 7) is 3.80. The van der Waals surface area contributed by atoms with E-state index in [1.54, 1.807) is 15.2 Å². The molecule has 0 bridgehead atoms. The van der Waals surface area contributed by atoms with Crippen LogP contribution in [0, 0.1) is 0 Å². The highest BCUT2D eigenvalue weighted by atomic mass is 32.2. The van der Waals surface area contributed by atoms with Crippen molar-refractivity contribution in [1.29, 1.82) is 0 Å². The van der Waals surface area contributed by atoms with Crippen LogP contribution in [-0.2, 0) is 14.8 Å². The molecule has 8 nitrogen and oxygen atoms in total. The Balaban J connectivity index is 1.62. The molecule has 2 aliphatic rings. The van der Waals surface area contributed by atoms with Gasteiger partial charge in [0.2, 0.25) is 10.0 Å². The van der Waals surface area contributed by atoms with Crippen LogP contribution in [0.25, 0.3) is 0 Å². The molecule has 152 valence electrons. The van der Waals surface area contributed by atoms with Crippen molar-refractivity contribution in [1.82, 2.24) is 19.5 Å². The summed E-state index contributed by atoms with van der Waals surface area (Å²) in [6, 6.07) is 0.534. The third kappa shape index (κ3) is 5.71. The predicted octanol–water partition coefficient (Wildman–Crippen LogP) is 0.778. The summed E-state index contributed by atoms with van der Waals surface area (Å²) < 4.78 is 31.1. The number of sulfonamides is 1. The summed E-state index contributed by atoms with van der Waals surface area (Å²) in [7, 11) is -3.18. The van der Waals surface area contributed by atoms with E-state index in [0.29, 0.717) is 37.9 Å². The van der Waals surface area contributed by atoms with Gasteiger partial charge in [-0.15, -0.1) is 11.3 Å². The summed E-state index contributed by atoms with van der Waals surface area (Å²) in [5, 5.41) is 4.67. The molecule has 10 heteroatoms. The number of thiazole rings is 1. The third-order valence-corrected chi connectivity index (χ3v) is 7.13. The number of ether oxygens (including phenoxy) is 1. The number of carbonyl (C=O) groups excluding carboxylic acids is 1. The van der Waals surface area contributed by atoms with Crippen LogP contribution < -0.4 is 5.32 Å². The Morgan fingerprint density at radius 2 is 2.15 bits per heavy atom. The molecule has 0 aliphatic carbocycles. The number of carbonyl (C=O) groups is 1. The van der Waals surface area contributed by atoms with Gasteiger partial charge in [-0.1, -0.05) is 0 Å². The van der Waals surface area contributed by atoms with Gasteiger partial charge in [-0.2, -0.15) is 0 Å². The van der Waals surface area contributed by atoms with Gasteiger partial charge < -0.3 is 10.1 Å². The minimum Gasteiger partial charge on any atom is -0.381 e. The average Bonchev–Trinajstić information content (AvgIpc) is 3.20.